The van der Waals surface area contributed by atoms with Gasteiger partial charge in [-0.05, 0) is 36.8 Å². The Morgan fingerprint density at radius 3 is 2.32 bits per heavy atom. The van der Waals surface area contributed by atoms with Crippen molar-refractivity contribution in [3.63, 3.8) is 0 Å². The van der Waals surface area contributed by atoms with E-state index in [0.717, 1.165) is 5.56 Å². The van der Waals surface area contributed by atoms with E-state index in [0.29, 0.717) is 63.1 Å². The summed E-state index contributed by atoms with van der Waals surface area (Å²) in [5, 5.41) is 21.0. The van der Waals surface area contributed by atoms with Crippen molar-refractivity contribution >= 4 is 29.7 Å². The molecule has 0 fully saturated rings. The highest BCUT2D eigenvalue weighted by Gasteiger charge is 2.16. The highest BCUT2D eigenvalue weighted by molar-refractivity contribution is 5.94. The van der Waals surface area contributed by atoms with E-state index in [-0.39, 0.29) is 30.5 Å². The topological polar surface area (TPSA) is 178 Å². The van der Waals surface area contributed by atoms with Crippen molar-refractivity contribution in [3.8, 4) is 11.5 Å². The summed E-state index contributed by atoms with van der Waals surface area (Å²) in [5.74, 6) is 0.798. The molecule has 14 heteroatoms. The zero-order valence-electron chi connectivity index (χ0n) is 22.6. The summed E-state index contributed by atoms with van der Waals surface area (Å²) < 4.78 is 21.8. The van der Waals surface area contributed by atoms with E-state index in [4.69, 9.17) is 18.9 Å². The Hall–Kier alpha value is -4.69. The predicted molar refractivity (Wildman–Crippen MR) is 149 cm³/mol. The number of aliphatic carboxylic acids is 1. The van der Waals surface area contributed by atoms with Crippen molar-refractivity contribution in [1.82, 2.24) is 20.3 Å². The fourth-order valence-corrected chi connectivity index (χ4v) is 3.57. The number of rotatable bonds is 17. The van der Waals surface area contributed by atoms with Crippen LogP contribution in [0.15, 0.2) is 48.5 Å². The average molecular weight is 568 g/mol. The van der Waals surface area contributed by atoms with Crippen LogP contribution in [0, 0.1) is 0 Å². The van der Waals surface area contributed by atoms with Gasteiger partial charge in [-0.3, -0.25) is 9.59 Å². The van der Waals surface area contributed by atoms with Crippen molar-refractivity contribution < 1.29 is 33.6 Å². The lowest BCUT2D eigenvalue weighted by Crippen LogP contribution is -2.27. The summed E-state index contributed by atoms with van der Waals surface area (Å²) in [4.78, 5) is 36.2. The van der Waals surface area contributed by atoms with Gasteiger partial charge in [0.1, 0.15) is 6.04 Å². The Labute approximate surface area is 236 Å². The predicted octanol–water partition coefficient (Wildman–Crippen LogP) is 1.97. The van der Waals surface area contributed by atoms with Crippen LogP contribution in [0.2, 0.25) is 0 Å². The van der Waals surface area contributed by atoms with Crippen molar-refractivity contribution in [1.29, 1.82) is 0 Å². The molecule has 1 amide bonds. The Kier molecular flexibility index (Phi) is 10.9. The van der Waals surface area contributed by atoms with Crippen LogP contribution in [-0.2, 0) is 20.8 Å². The molecule has 218 valence electrons. The SMILES string of the molecule is C[C@H](Nc1nc(NCCOCCOCCNC(=O)c2ccccc2)nc(NCc2ccc3c(c2)OCO3)n1)C(=O)O. The summed E-state index contributed by atoms with van der Waals surface area (Å²) in [6, 6.07) is 13.7. The number of hydrogen-bond acceptors (Lipinski definition) is 12. The Morgan fingerprint density at radius 2 is 1.56 bits per heavy atom. The first kappa shape index (κ1) is 29.3. The molecule has 0 aliphatic carbocycles. The molecule has 3 aromatic rings. The Bertz CT molecular complexity index is 1300. The van der Waals surface area contributed by atoms with Crippen LogP contribution >= 0.6 is 0 Å². The third-order valence-corrected chi connectivity index (χ3v) is 5.71. The number of nitrogens with zero attached hydrogens (tertiary/aromatic N) is 3. The van der Waals surface area contributed by atoms with E-state index < -0.39 is 12.0 Å². The fourth-order valence-electron chi connectivity index (χ4n) is 3.57. The average Bonchev–Trinajstić information content (AvgIpc) is 3.45. The number of benzene rings is 2. The molecule has 0 unspecified atom stereocenters. The molecule has 0 saturated heterocycles. The number of amides is 1. The molecular formula is C27H33N7O7. The second kappa shape index (κ2) is 15.2. The minimum atomic E-state index is -1.04. The molecule has 1 atom stereocenters. The quantitative estimate of drug-likeness (QED) is 0.150. The van der Waals surface area contributed by atoms with E-state index in [1.54, 1.807) is 12.1 Å². The van der Waals surface area contributed by atoms with Crippen molar-refractivity contribution in [2.45, 2.75) is 19.5 Å². The van der Waals surface area contributed by atoms with Gasteiger partial charge in [0, 0.05) is 25.2 Å². The minimum Gasteiger partial charge on any atom is -0.480 e. The van der Waals surface area contributed by atoms with Crippen molar-refractivity contribution in [2.24, 2.45) is 0 Å². The van der Waals surface area contributed by atoms with Crippen LogP contribution in [0.1, 0.15) is 22.8 Å². The monoisotopic (exact) mass is 567 g/mol. The van der Waals surface area contributed by atoms with E-state index in [1.165, 1.54) is 6.92 Å². The summed E-state index contributed by atoms with van der Waals surface area (Å²) >= 11 is 0. The van der Waals surface area contributed by atoms with Gasteiger partial charge >= 0.3 is 5.97 Å². The van der Waals surface area contributed by atoms with Gasteiger partial charge in [-0.1, -0.05) is 24.3 Å². The number of nitrogens with one attached hydrogen (secondary N) is 4. The minimum absolute atomic E-state index is 0.110. The van der Waals surface area contributed by atoms with Crippen LogP contribution in [0.25, 0.3) is 0 Å². The summed E-state index contributed by atoms with van der Waals surface area (Å²) in [7, 11) is 0. The van der Waals surface area contributed by atoms with Gasteiger partial charge < -0.3 is 45.3 Å². The maximum absolute atomic E-state index is 12.0. The maximum atomic E-state index is 12.0. The Morgan fingerprint density at radius 1 is 0.878 bits per heavy atom. The van der Waals surface area contributed by atoms with Crippen LogP contribution in [-0.4, -0.2) is 84.3 Å². The number of ether oxygens (including phenoxy) is 4. The summed E-state index contributed by atoms with van der Waals surface area (Å²) in [5.41, 5.74) is 1.53. The molecule has 41 heavy (non-hydrogen) atoms. The van der Waals surface area contributed by atoms with Crippen molar-refractivity contribution in [3.05, 3.63) is 59.7 Å². The molecule has 2 heterocycles. The number of carbonyl (C=O) groups excluding carboxylic acids is 1. The van der Waals surface area contributed by atoms with Gasteiger partial charge in [-0.2, -0.15) is 15.0 Å². The molecule has 2 aromatic carbocycles. The Balaban J connectivity index is 1.17. The number of fused-ring (bicyclic) bond motifs is 1. The van der Waals surface area contributed by atoms with Gasteiger partial charge in [-0.15, -0.1) is 0 Å². The summed E-state index contributed by atoms with van der Waals surface area (Å²) in [6.45, 7) is 4.35. The summed E-state index contributed by atoms with van der Waals surface area (Å²) in [6.07, 6.45) is 0. The third kappa shape index (κ3) is 9.47. The highest BCUT2D eigenvalue weighted by atomic mass is 16.7. The van der Waals surface area contributed by atoms with Crippen LogP contribution in [0.3, 0.4) is 0 Å². The van der Waals surface area contributed by atoms with Gasteiger partial charge in [0.15, 0.2) is 11.5 Å². The van der Waals surface area contributed by atoms with Crippen LogP contribution < -0.4 is 30.7 Å². The van der Waals surface area contributed by atoms with E-state index in [9.17, 15) is 14.7 Å². The normalized spacial score (nSPS) is 12.4. The van der Waals surface area contributed by atoms with Crippen LogP contribution in [0.4, 0.5) is 17.8 Å². The molecule has 1 aliphatic heterocycles. The number of anilines is 3. The van der Waals surface area contributed by atoms with Gasteiger partial charge in [-0.25, -0.2) is 0 Å². The molecule has 1 aliphatic rings. The molecule has 4 rings (SSSR count). The maximum Gasteiger partial charge on any atom is 0.325 e. The zero-order valence-corrected chi connectivity index (χ0v) is 22.6. The highest BCUT2D eigenvalue weighted by Crippen LogP contribution is 2.32. The molecule has 0 spiro atoms. The molecule has 0 radical (unpaired) electrons. The van der Waals surface area contributed by atoms with Gasteiger partial charge in [0.2, 0.25) is 24.6 Å². The first-order chi connectivity index (χ1) is 20.0. The number of hydrogen-bond donors (Lipinski definition) is 5. The van der Waals surface area contributed by atoms with E-state index in [2.05, 4.69) is 36.2 Å². The van der Waals surface area contributed by atoms with E-state index in [1.807, 2.05) is 36.4 Å². The molecule has 0 bridgehead atoms. The standard InChI is InChI=1S/C27H33N7O7/c1-18(24(36)37)31-27-33-25(32-26(34-27)30-16-19-7-8-21-22(15-19)41-17-40-21)29-10-12-39-14-13-38-11-9-28-23(35)20-5-3-2-4-6-20/h2-8,15,18H,9-14,16-17H2,1H3,(H,28,35)(H,36,37)(H3,29,30,31,32,33,34)/t18-/m0/s1. The molecule has 1 aromatic heterocycles. The molecule has 14 nitrogen and oxygen atoms in total. The lowest BCUT2D eigenvalue weighted by atomic mass is 10.2. The second-order valence-corrected chi connectivity index (χ2v) is 8.83. The largest absolute Gasteiger partial charge is 0.480 e. The number of aromatic nitrogens is 3. The van der Waals surface area contributed by atoms with Crippen LogP contribution in [0.5, 0.6) is 11.5 Å². The van der Waals surface area contributed by atoms with Gasteiger partial charge in [0.25, 0.3) is 5.91 Å². The fraction of sp³-hybridized carbons (Fsp3) is 0.370. The van der Waals surface area contributed by atoms with Crippen molar-refractivity contribution in [2.75, 3.05) is 62.3 Å². The molecular weight excluding hydrogens is 534 g/mol. The molecule has 5 N–H and O–H groups in total. The second-order valence-electron chi connectivity index (χ2n) is 8.83. The van der Waals surface area contributed by atoms with E-state index >= 15 is 0 Å². The first-order valence-corrected chi connectivity index (χ1v) is 13.1. The first-order valence-electron chi connectivity index (χ1n) is 13.1. The zero-order chi connectivity index (χ0) is 28.9. The lowest BCUT2D eigenvalue weighted by molar-refractivity contribution is -0.137. The smallest absolute Gasteiger partial charge is 0.325 e. The lowest BCUT2D eigenvalue weighted by Gasteiger charge is -2.13. The van der Waals surface area contributed by atoms with Gasteiger partial charge in [0.05, 0.1) is 26.4 Å². The molecule has 0 saturated carbocycles. The number of carboxylic acid groups (broad SMARTS) is 1. The third-order valence-electron chi connectivity index (χ3n) is 5.71. The number of carboxylic acids is 1. The number of carbonyl (C=O) groups is 2.